The predicted octanol–water partition coefficient (Wildman–Crippen LogP) is 2.33. The van der Waals surface area contributed by atoms with Crippen LogP contribution in [0.4, 0.5) is 11.4 Å². The SMILES string of the molecule is N#Cc1ccc(NCC#Cc2ccccn2)c([N+](=O)[O-])c1. The first-order chi connectivity index (χ1) is 10.2. The summed E-state index contributed by atoms with van der Waals surface area (Å²) in [5.74, 6) is 5.67. The van der Waals surface area contributed by atoms with Crippen LogP contribution in [0.25, 0.3) is 0 Å². The van der Waals surface area contributed by atoms with Gasteiger partial charge in [0.15, 0.2) is 0 Å². The van der Waals surface area contributed by atoms with E-state index < -0.39 is 4.92 Å². The number of nitriles is 1. The van der Waals surface area contributed by atoms with E-state index in [1.54, 1.807) is 18.3 Å². The third-order valence-electron chi connectivity index (χ3n) is 2.57. The summed E-state index contributed by atoms with van der Waals surface area (Å²) in [4.78, 5) is 14.5. The molecule has 0 atom stereocenters. The Kier molecular flexibility index (Phi) is 4.47. The van der Waals surface area contributed by atoms with Crippen molar-refractivity contribution in [2.45, 2.75) is 0 Å². The van der Waals surface area contributed by atoms with Crippen molar-refractivity contribution in [3.63, 3.8) is 0 Å². The molecule has 0 amide bonds. The standard InChI is InChI=1S/C15H10N4O2/c16-11-12-6-7-14(15(10-12)19(20)21)18-9-3-5-13-4-1-2-8-17-13/h1-2,4,6-8,10,18H,9H2. The second-order valence-corrected chi connectivity index (χ2v) is 3.97. The van der Waals surface area contributed by atoms with Crippen LogP contribution in [0.1, 0.15) is 11.3 Å². The molecule has 2 aromatic rings. The molecule has 0 radical (unpaired) electrons. The fourth-order valence-electron chi connectivity index (χ4n) is 1.61. The minimum absolute atomic E-state index is 0.145. The molecule has 1 heterocycles. The second-order valence-electron chi connectivity index (χ2n) is 3.97. The number of benzene rings is 1. The van der Waals surface area contributed by atoms with E-state index in [4.69, 9.17) is 5.26 Å². The molecule has 0 bridgehead atoms. The summed E-state index contributed by atoms with van der Waals surface area (Å²) < 4.78 is 0. The summed E-state index contributed by atoms with van der Waals surface area (Å²) in [6, 6.07) is 11.5. The van der Waals surface area contributed by atoms with Gasteiger partial charge in [-0.05, 0) is 30.2 Å². The minimum Gasteiger partial charge on any atom is -0.369 e. The highest BCUT2D eigenvalue weighted by Gasteiger charge is 2.13. The molecular weight excluding hydrogens is 268 g/mol. The molecule has 0 aliphatic carbocycles. The molecule has 0 aliphatic rings. The molecule has 0 saturated carbocycles. The summed E-state index contributed by atoms with van der Waals surface area (Å²) in [6.45, 7) is 0.239. The van der Waals surface area contributed by atoms with Crippen LogP contribution in [-0.2, 0) is 0 Å². The topological polar surface area (TPSA) is 91.8 Å². The number of nitrogens with zero attached hydrogens (tertiary/aromatic N) is 3. The molecule has 2 rings (SSSR count). The number of pyridine rings is 1. The van der Waals surface area contributed by atoms with E-state index in [1.165, 1.54) is 18.2 Å². The zero-order chi connectivity index (χ0) is 15.1. The lowest BCUT2D eigenvalue weighted by Crippen LogP contribution is -2.03. The first kappa shape index (κ1) is 14.0. The van der Waals surface area contributed by atoms with Crippen LogP contribution < -0.4 is 5.32 Å². The third kappa shape index (κ3) is 3.79. The van der Waals surface area contributed by atoms with Crippen molar-refractivity contribution < 1.29 is 4.92 Å². The van der Waals surface area contributed by atoms with Crippen molar-refractivity contribution >= 4 is 11.4 Å². The molecular formula is C15H10N4O2. The summed E-state index contributed by atoms with van der Waals surface area (Å²) >= 11 is 0. The van der Waals surface area contributed by atoms with Crippen molar-refractivity contribution in [3.05, 3.63) is 64.0 Å². The number of anilines is 1. The van der Waals surface area contributed by atoms with E-state index in [-0.39, 0.29) is 17.8 Å². The lowest BCUT2D eigenvalue weighted by molar-refractivity contribution is -0.384. The quantitative estimate of drug-likeness (QED) is 0.528. The van der Waals surface area contributed by atoms with Crippen LogP contribution >= 0.6 is 0 Å². The highest BCUT2D eigenvalue weighted by Crippen LogP contribution is 2.24. The maximum Gasteiger partial charge on any atom is 0.293 e. The second kappa shape index (κ2) is 6.69. The van der Waals surface area contributed by atoms with Crippen molar-refractivity contribution in [2.24, 2.45) is 0 Å². The van der Waals surface area contributed by atoms with Crippen LogP contribution in [0, 0.1) is 33.3 Å². The number of rotatable bonds is 3. The molecule has 102 valence electrons. The monoisotopic (exact) mass is 278 g/mol. The van der Waals surface area contributed by atoms with Crippen molar-refractivity contribution in [2.75, 3.05) is 11.9 Å². The molecule has 1 aromatic carbocycles. The summed E-state index contributed by atoms with van der Waals surface area (Å²) in [6.07, 6.45) is 1.64. The van der Waals surface area contributed by atoms with Gasteiger partial charge in [-0.3, -0.25) is 10.1 Å². The van der Waals surface area contributed by atoms with Gasteiger partial charge >= 0.3 is 0 Å². The molecule has 1 aromatic heterocycles. The molecule has 0 unspecified atom stereocenters. The number of nitrogens with one attached hydrogen (secondary N) is 1. The summed E-state index contributed by atoms with van der Waals surface area (Å²) in [7, 11) is 0. The normalized spacial score (nSPS) is 9.10. The fourth-order valence-corrected chi connectivity index (χ4v) is 1.61. The van der Waals surface area contributed by atoms with Gasteiger partial charge in [-0.25, -0.2) is 4.98 Å². The molecule has 0 fully saturated rings. The van der Waals surface area contributed by atoms with Gasteiger partial charge in [0.25, 0.3) is 5.69 Å². The smallest absolute Gasteiger partial charge is 0.293 e. The van der Waals surface area contributed by atoms with Gasteiger partial charge in [0, 0.05) is 12.3 Å². The van der Waals surface area contributed by atoms with Crippen LogP contribution in [0.15, 0.2) is 42.6 Å². The van der Waals surface area contributed by atoms with Gasteiger partial charge in [-0.1, -0.05) is 12.0 Å². The Morgan fingerprint density at radius 1 is 1.33 bits per heavy atom. The molecule has 6 heteroatoms. The Hall–Kier alpha value is -3.38. The Balaban J connectivity index is 2.09. The van der Waals surface area contributed by atoms with E-state index >= 15 is 0 Å². The lowest BCUT2D eigenvalue weighted by Gasteiger charge is -2.03. The van der Waals surface area contributed by atoms with Crippen LogP contribution in [0.2, 0.25) is 0 Å². The van der Waals surface area contributed by atoms with Crippen LogP contribution in [0.5, 0.6) is 0 Å². The van der Waals surface area contributed by atoms with Crippen molar-refractivity contribution in [3.8, 4) is 17.9 Å². The molecule has 0 spiro atoms. The Morgan fingerprint density at radius 3 is 2.86 bits per heavy atom. The number of aromatic nitrogens is 1. The number of nitro benzene ring substituents is 1. The highest BCUT2D eigenvalue weighted by atomic mass is 16.6. The van der Waals surface area contributed by atoms with E-state index in [1.807, 2.05) is 12.1 Å². The number of hydrogen-bond donors (Lipinski definition) is 1. The molecule has 1 N–H and O–H groups in total. The first-order valence-electron chi connectivity index (χ1n) is 6.03. The maximum absolute atomic E-state index is 11.0. The molecule has 0 aliphatic heterocycles. The van der Waals surface area contributed by atoms with Gasteiger partial charge in [0.05, 0.1) is 23.1 Å². The van der Waals surface area contributed by atoms with Crippen LogP contribution in [-0.4, -0.2) is 16.5 Å². The fraction of sp³-hybridized carbons (Fsp3) is 0.0667. The highest BCUT2D eigenvalue weighted by molar-refractivity contribution is 5.64. The molecule has 0 saturated heterocycles. The van der Waals surface area contributed by atoms with E-state index in [0.29, 0.717) is 11.4 Å². The van der Waals surface area contributed by atoms with Crippen LogP contribution in [0.3, 0.4) is 0 Å². The minimum atomic E-state index is -0.532. The molecule has 6 nitrogen and oxygen atoms in total. The zero-order valence-corrected chi connectivity index (χ0v) is 10.9. The van der Waals surface area contributed by atoms with Gasteiger partial charge in [-0.2, -0.15) is 5.26 Å². The van der Waals surface area contributed by atoms with E-state index in [0.717, 1.165) is 0 Å². The van der Waals surface area contributed by atoms with Gasteiger partial charge in [0.2, 0.25) is 0 Å². The largest absolute Gasteiger partial charge is 0.369 e. The van der Waals surface area contributed by atoms with Crippen molar-refractivity contribution in [1.82, 2.24) is 4.98 Å². The summed E-state index contributed by atoms with van der Waals surface area (Å²) in [5, 5.41) is 22.6. The first-order valence-corrected chi connectivity index (χ1v) is 6.03. The average Bonchev–Trinajstić information content (AvgIpc) is 2.52. The van der Waals surface area contributed by atoms with Gasteiger partial charge in [0.1, 0.15) is 11.4 Å². The Labute approximate surface area is 121 Å². The zero-order valence-electron chi connectivity index (χ0n) is 10.9. The average molecular weight is 278 g/mol. The van der Waals surface area contributed by atoms with Gasteiger partial charge in [-0.15, -0.1) is 0 Å². The summed E-state index contributed by atoms with van der Waals surface area (Å²) in [5.41, 5.74) is 1.06. The Bertz CT molecular complexity index is 755. The maximum atomic E-state index is 11.0. The van der Waals surface area contributed by atoms with Gasteiger partial charge < -0.3 is 5.32 Å². The number of nitro groups is 1. The van der Waals surface area contributed by atoms with E-state index in [9.17, 15) is 10.1 Å². The predicted molar refractivity (Wildman–Crippen MR) is 77.4 cm³/mol. The number of hydrogen-bond acceptors (Lipinski definition) is 5. The van der Waals surface area contributed by atoms with E-state index in [2.05, 4.69) is 22.1 Å². The van der Waals surface area contributed by atoms with Crippen molar-refractivity contribution in [1.29, 1.82) is 5.26 Å². The lowest BCUT2D eigenvalue weighted by atomic mass is 10.2. The Morgan fingerprint density at radius 2 is 2.19 bits per heavy atom. The molecule has 21 heavy (non-hydrogen) atoms. The third-order valence-corrected chi connectivity index (χ3v) is 2.57.